The number of amides is 2. The van der Waals surface area contributed by atoms with Gasteiger partial charge in [-0.3, -0.25) is 14.4 Å². The van der Waals surface area contributed by atoms with Gasteiger partial charge in [-0.25, -0.2) is 0 Å². The molecule has 0 aliphatic carbocycles. The molecule has 1 saturated heterocycles. The summed E-state index contributed by atoms with van der Waals surface area (Å²) in [7, 11) is 0. The molecule has 3 rings (SSSR count). The lowest BCUT2D eigenvalue weighted by molar-refractivity contribution is -0.135. The number of aryl methyl sites for hydroxylation is 1. The zero-order chi connectivity index (χ0) is 18.7. The summed E-state index contributed by atoms with van der Waals surface area (Å²) in [5.74, 6) is -0.589. The first-order valence-corrected chi connectivity index (χ1v) is 8.80. The van der Waals surface area contributed by atoms with Crippen LogP contribution in [0.5, 0.6) is 0 Å². The fourth-order valence-electron chi connectivity index (χ4n) is 3.38. The van der Waals surface area contributed by atoms with Crippen LogP contribution in [0.15, 0.2) is 42.6 Å². The predicted molar refractivity (Wildman–Crippen MR) is 97.5 cm³/mol. The number of aromatic nitrogens is 1. The maximum Gasteiger partial charge on any atom is 0.242 e. The molecule has 1 aliphatic rings. The van der Waals surface area contributed by atoms with E-state index in [2.05, 4.69) is 0 Å². The summed E-state index contributed by atoms with van der Waals surface area (Å²) >= 11 is 0. The standard InChI is InChI=1S/C20H23N3O3/c1-14-5-2-3-6-16(14)19(25)17-7-4-10-23(17)13-18(24)22-11-8-15(9-12-22)20(21)26/h2-7,10,15H,8-9,11-13H2,1H3,(H2,21,26). The minimum absolute atomic E-state index is 0.0528. The van der Waals surface area contributed by atoms with Crippen LogP contribution in [0.2, 0.25) is 0 Å². The van der Waals surface area contributed by atoms with Gasteiger partial charge in [0.2, 0.25) is 17.6 Å². The average Bonchev–Trinajstić information content (AvgIpc) is 3.09. The molecular formula is C20H23N3O3. The van der Waals surface area contributed by atoms with Gasteiger partial charge in [-0.1, -0.05) is 24.3 Å². The molecular weight excluding hydrogens is 330 g/mol. The smallest absolute Gasteiger partial charge is 0.242 e. The molecule has 2 amide bonds. The van der Waals surface area contributed by atoms with Crippen LogP contribution in [0.4, 0.5) is 0 Å². The highest BCUT2D eigenvalue weighted by Crippen LogP contribution is 2.18. The number of primary amides is 1. The molecule has 1 aromatic heterocycles. The third-order valence-corrected chi connectivity index (χ3v) is 5.01. The van der Waals surface area contributed by atoms with Crippen molar-refractivity contribution in [1.29, 1.82) is 0 Å². The van der Waals surface area contributed by atoms with Crippen molar-refractivity contribution in [2.45, 2.75) is 26.3 Å². The van der Waals surface area contributed by atoms with Crippen molar-refractivity contribution in [2.75, 3.05) is 13.1 Å². The molecule has 6 heteroatoms. The van der Waals surface area contributed by atoms with Gasteiger partial charge in [0.25, 0.3) is 0 Å². The molecule has 0 bridgehead atoms. The number of nitrogens with two attached hydrogens (primary N) is 1. The van der Waals surface area contributed by atoms with Crippen LogP contribution in [-0.2, 0) is 16.1 Å². The Morgan fingerprint density at radius 2 is 1.77 bits per heavy atom. The second kappa shape index (κ2) is 7.56. The highest BCUT2D eigenvalue weighted by atomic mass is 16.2. The zero-order valence-corrected chi connectivity index (χ0v) is 14.9. The highest BCUT2D eigenvalue weighted by Gasteiger charge is 2.26. The molecule has 2 aromatic rings. The Labute approximate surface area is 152 Å². The molecule has 0 atom stereocenters. The van der Waals surface area contributed by atoms with Gasteiger partial charge in [-0.15, -0.1) is 0 Å². The van der Waals surface area contributed by atoms with E-state index in [0.29, 0.717) is 37.2 Å². The summed E-state index contributed by atoms with van der Waals surface area (Å²) in [5, 5.41) is 0. The highest BCUT2D eigenvalue weighted by molar-refractivity contribution is 6.09. The van der Waals surface area contributed by atoms with E-state index in [1.54, 1.807) is 33.9 Å². The molecule has 1 aromatic carbocycles. The maximum atomic E-state index is 12.8. The Morgan fingerprint density at radius 3 is 2.42 bits per heavy atom. The van der Waals surface area contributed by atoms with E-state index in [0.717, 1.165) is 5.56 Å². The summed E-state index contributed by atoms with van der Waals surface area (Å²) in [6.07, 6.45) is 2.95. The normalized spacial score (nSPS) is 15.0. The summed E-state index contributed by atoms with van der Waals surface area (Å²) in [6.45, 7) is 3.05. The van der Waals surface area contributed by atoms with Gasteiger partial charge in [0, 0.05) is 30.8 Å². The fourth-order valence-corrected chi connectivity index (χ4v) is 3.38. The van der Waals surface area contributed by atoms with Crippen LogP contribution in [0.25, 0.3) is 0 Å². The van der Waals surface area contributed by atoms with Gasteiger partial charge in [-0.05, 0) is 37.5 Å². The van der Waals surface area contributed by atoms with Crippen LogP contribution in [0.1, 0.15) is 34.5 Å². The molecule has 0 saturated carbocycles. The number of ketones is 1. The van der Waals surface area contributed by atoms with Gasteiger partial charge >= 0.3 is 0 Å². The first-order chi connectivity index (χ1) is 12.5. The zero-order valence-electron chi connectivity index (χ0n) is 14.9. The van der Waals surface area contributed by atoms with Gasteiger partial charge in [-0.2, -0.15) is 0 Å². The van der Waals surface area contributed by atoms with Gasteiger partial charge in [0.1, 0.15) is 6.54 Å². The number of piperidine rings is 1. The first kappa shape index (κ1) is 17.9. The monoisotopic (exact) mass is 353 g/mol. The number of carbonyl (C=O) groups is 3. The third-order valence-electron chi connectivity index (χ3n) is 5.01. The van der Waals surface area contributed by atoms with Crippen molar-refractivity contribution in [3.63, 3.8) is 0 Å². The molecule has 1 aliphatic heterocycles. The number of hydrogen-bond donors (Lipinski definition) is 1. The molecule has 6 nitrogen and oxygen atoms in total. The van der Waals surface area contributed by atoms with Gasteiger partial charge < -0.3 is 15.2 Å². The summed E-state index contributed by atoms with van der Waals surface area (Å²) in [6, 6.07) is 10.9. The molecule has 0 spiro atoms. The molecule has 0 unspecified atom stereocenters. The lowest BCUT2D eigenvalue weighted by Crippen LogP contribution is -2.43. The van der Waals surface area contributed by atoms with Crippen molar-refractivity contribution in [1.82, 2.24) is 9.47 Å². The second-order valence-electron chi connectivity index (χ2n) is 6.72. The van der Waals surface area contributed by atoms with Gasteiger partial charge in [0.15, 0.2) is 0 Å². The molecule has 136 valence electrons. The van der Waals surface area contributed by atoms with Crippen LogP contribution >= 0.6 is 0 Å². The van der Waals surface area contributed by atoms with Crippen LogP contribution < -0.4 is 5.73 Å². The lowest BCUT2D eigenvalue weighted by atomic mass is 9.96. The summed E-state index contributed by atoms with van der Waals surface area (Å²) in [4.78, 5) is 38.4. The average molecular weight is 353 g/mol. The number of carbonyl (C=O) groups excluding carboxylic acids is 3. The molecule has 0 radical (unpaired) electrons. The van der Waals surface area contributed by atoms with Crippen LogP contribution in [0, 0.1) is 12.8 Å². The number of likely N-dealkylation sites (tertiary alicyclic amines) is 1. The van der Waals surface area contributed by atoms with Crippen molar-refractivity contribution in [3.05, 3.63) is 59.4 Å². The van der Waals surface area contributed by atoms with Gasteiger partial charge in [0.05, 0.1) is 5.69 Å². The topological polar surface area (TPSA) is 85.4 Å². The van der Waals surface area contributed by atoms with Crippen molar-refractivity contribution < 1.29 is 14.4 Å². The number of benzene rings is 1. The maximum absolute atomic E-state index is 12.8. The number of hydrogen-bond acceptors (Lipinski definition) is 3. The number of rotatable bonds is 5. The molecule has 2 heterocycles. The second-order valence-corrected chi connectivity index (χ2v) is 6.72. The lowest BCUT2D eigenvalue weighted by Gasteiger charge is -2.30. The van der Waals surface area contributed by atoms with E-state index in [1.807, 2.05) is 25.1 Å². The Bertz CT molecular complexity index is 832. The Kier molecular flexibility index (Phi) is 5.21. The third kappa shape index (κ3) is 3.69. The van der Waals surface area contributed by atoms with Crippen molar-refractivity contribution >= 4 is 17.6 Å². The van der Waals surface area contributed by atoms with E-state index < -0.39 is 0 Å². The number of nitrogens with zero attached hydrogens (tertiary/aromatic N) is 2. The molecule has 26 heavy (non-hydrogen) atoms. The first-order valence-electron chi connectivity index (χ1n) is 8.80. The minimum Gasteiger partial charge on any atom is -0.369 e. The Balaban J connectivity index is 1.70. The largest absolute Gasteiger partial charge is 0.369 e. The van der Waals surface area contributed by atoms with E-state index in [4.69, 9.17) is 5.73 Å². The predicted octanol–water partition coefficient (Wildman–Crippen LogP) is 1.75. The quantitative estimate of drug-likeness (QED) is 0.831. The summed E-state index contributed by atoms with van der Waals surface area (Å²) < 4.78 is 1.69. The van der Waals surface area contributed by atoms with E-state index in [9.17, 15) is 14.4 Å². The van der Waals surface area contributed by atoms with Crippen molar-refractivity contribution in [3.8, 4) is 0 Å². The Morgan fingerprint density at radius 1 is 1.08 bits per heavy atom. The molecule has 2 N–H and O–H groups in total. The SMILES string of the molecule is Cc1ccccc1C(=O)c1cccn1CC(=O)N1CCC(C(N)=O)CC1. The van der Waals surface area contributed by atoms with Crippen LogP contribution in [0.3, 0.4) is 0 Å². The molecule has 1 fully saturated rings. The van der Waals surface area contributed by atoms with Crippen molar-refractivity contribution in [2.24, 2.45) is 11.7 Å². The minimum atomic E-state index is -0.298. The Hall–Kier alpha value is -2.89. The van der Waals surface area contributed by atoms with E-state index in [1.165, 1.54) is 0 Å². The van der Waals surface area contributed by atoms with Crippen LogP contribution in [-0.4, -0.2) is 40.2 Å². The van der Waals surface area contributed by atoms with E-state index in [-0.39, 0.29) is 30.1 Å². The summed E-state index contributed by atoms with van der Waals surface area (Å²) in [5.41, 5.74) is 7.38. The fraction of sp³-hybridized carbons (Fsp3) is 0.350. The van der Waals surface area contributed by atoms with E-state index >= 15 is 0 Å².